The average Bonchev–Trinajstić information content (AvgIpc) is 2.18. The fourth-order valence-corrected chi connectivity index (χ4v) is 2.03. The molecule has 0 bridgehead atoms. The second kappa shape index (κ2) is 5.98. The largest absolute Gasteiger partial charge is 0.383 e. The summed E-state index contributed by atoms with van der Waals surface area (Å²) in [6.45, 7) is 4.35. The summed E-state index contributed by atoms with van der Waals surface area (Å²) in [5, 5.41) is 0.627. The molecule has 0 saturated carbocycles. The van der Waals surface area contributed by atoms with Crippen molar-refractivity contribution in [1.82, 2.24) is 4.98 Å². The average molecular weight is 225 g/mol. The van der Waals surface area contributed by atoms with Crippen molar-refractivity contribution in [1.29, 1.82) is 0 Å². The molecule has 0 amide bonds. The molecule has 1 atom stereocenters. The van der Waals surface area contributed by atoms with Crippen molar-refractivity contribution in [2.75, 3.05) is 11.5 Å². The molecule has 0 aromatic carbocycles. The SMILES string of the molecule is CC(C)SCC(N)Cc1cccnc1N. The highest BCUT2D eigenvalue weighted by Gasteiger charge is 2.08. The van der Waals surface area contributed by atoms with E-state index in [0.717, 1.165) is 17.7 Å². The van der Waals surface area contributed by atoms with Crippen LogP contribution >= 0.6 is 11.8 Å². The molecule has 0 saturated heterocycles. The van der Waals surface area contributed by atoms with Gasteiger partial charge in [0.1, 0.15) is 5.82 Å². The zero-order chi connectivity index (χ0) is 11.3. The van der Waals surface area contributed by atoms with E-state index < -0.39 is 0 Å². The number of pyridine rings is 1. The Hall–Kier alpha value is -0.740. The molecule has 1 heterocycles. The van der Waals surface area contributed by atoms with Crippen LogP contribution in [0.3, 0.4) is 0 Å². The third kappa shape index (κ3) is 4.53. The van der Waals surface area contributed by atoms with Crippen LogP contribution in [-0.2, 0) is 6.42 Å². The third-order valence-corrected chi connectivity index (χ3v) is 3.34. The molecular formula is C11H19N3S. The van der Waals surface area contributed by atoms with Gasteiger partial charge in [0.2, 0.25) is 0 Å². The summed E-state index contributed by atoms with van der Waals surface area (Å²) >= 11 is 1.88. The summed E-state index contributed by atoms with van der Waals surface area (Å²) in [6.07, 6.45) is 2.51. The lowest BCUT2D eigenvalue weighted by Crippen LogP contribution is -2.26. The van der Waals surface area contributed by atoms with E-state index in [1.165, 1.54) is 0 Å². The zero-order valence-corrected chi connectivity index (χ0v) is 10.1. The minimum absolute atomic E-state index is 0.156. The number of thioether (sulfide) groups is 1. The number of anilines is 1. The van der Waals surface area contributed by atoms with Crippen molar-refractivity contribution >= 4 is 17.6 Å². The summed E-state index contributed by atoms with van der Waals surface area (Å²) < 4.78 is 0. The van der Waals surface area contributed by atoms with Crippen LogP contribution in [0.2, 0.25) is 0 Å². The van der Waals surface area contributed by atoms with Gasteiger partial charge in [0.15, 0.2) is 0 Å². The van der Waals surface area contributed by atoms with Crippen LogP contribution < -0.4 is 11.5 Å². The van der Waals surface area contributed by atoms with E-state index in [1.807, 2.05) is 23.9 Å². The summed E-state index contributed by atoms with van der Waals surface area (Å²) in [5.41, 5.74) is 12.8. The summed E-state index contributed by atoms with van der Waals surface area (Å²) in [7, 11) is 0. The van der Waals surface area contributed by atoms with Gasteiger partial charge >= 0.3 is 0 Å². The van der Waals surface area contributed by atoms with E-state index in [0.29, 0.717) is 11.1 Å². The Balaban J connectivity index is 2.44. The Labute approximate surface area is 95.6 Å². The predicted molar refractivity (Wildman–Crippen MR) is 67.9 cm³/mol. The summed E-state index contributed by atoms with van der Waals surface area (Å²) in [5.74, 6) is 1.56. The predicted octanol–water partition coefficient (Wildman–Crippen LogP) is 1.68. The van der Waals surface area contributed by atoms with Crippen LogP contribution in [0.15, 0.2) is 18.3 Å². The van der Waals surface area contributed by atoms with E-state index in [-0.39, 0.29) is 6.04 Å². The Morgan fingerprint density at radius 2 is 2.20 bits per heavy atom. The minimum atomic E-state index is 0.156. The number of aromatic nitrogens is 1. The topological polar surface area (TPSA) is 64.9 Å². The lowest BCUT2D eigenvalue weighted by Gasteiger charge is -2.13. The lowest BCUT2D eigenvalue weighted by molar-refractivity contribution is 0.746. The maximum Gasteiger partial charge on any atom is 0.126 e. The lowest BCUT2D eigenvalue weighted by atomic mass is 10.1. The van der Waals surface area contributed by atoms with E-state index >= 15 is 0 Å². The van der Waals surface area contributed by atoms with Crippen LogP contribution in [-0.4, -0.2) is 22.0 Å². The summed E-state index contributed by atoms with van der Waals surface area (Å²) in [4.78, 5) is 4.04. The molecule has 0 aliphatic carbocycles. The third-order valence-electron chi connectivity index (χ3n) is 2.05. The van der Waals surface area contributed by atoms with Gasteiger partial charge in [0.25, 0.3) is 0 Å². The standard InChI is InChI=1S/C11H19N3S/c1-8(2)15-7-10(12)6-9-4-3-5-14-11(9)13/h3-5,8,10H,6-7,12H2,1-2H3,(H2,13,14). The summed E-state index contributed by atoms with van der Waals surface area (Å²) in [6, 6.07) is 4.04. The van der Waals surface area contributed by atoms with Crippen molar-refractivity contribution in [3.8, 4) is 0 Å². The van der Waals surface area contributed by atoms with E-state index in [4.69, 9.17) is 11.5 Å². The van der Waals surface area contributed by atoms with Crippen LogP contribution in [0.5, 0.6) is 0 Å². The van der Waals surface area contributed by atoms with Gasteiger partial charge in [-0.05, 0) is 23.3 Å². The molecule has 3 nitrogen and oxygen atoms in total. The van der Waals surface area contributed by atoms with E-state index in [9.17, 15) is 0 Å². The first kappa shape index (κ1) is 12.3. The monoisotopic (exact) mass is 225 g/mol. The maximum absolute atomic E-state index is 6.02. The molecule has 15 heavy (non-hydrogen) atoms. The molecule has 1 aromatic rings. The number of hydrogen-bond donors (Lipinski definition) is 2. The number of nitrogen functional groups attached to an aromatic ring is 1. The van der Waals surface area contributed by atoms with Gasteiger partial charge in [0, 0.05) is 18.0 Å². The van der Waals surface area contributed by atoms with Crippen LogP contribution in [0.25, 0.3) is 0 Å². The number of hydrogen-bond acceptors (Lipinski definition) is 4. The molecule has 0 fully saturated rings. The van der Waals surface area contributed by atoms with Crippen molar-refractivity contribution < 1.29 is 0 Å². The van der Waals surface area contributed by atoms with Crippen molar-refractivity contribution in [3.05, 3.63) is 23.9 Å². The first-order chi connectivity index (χ1) is 7.09. The molecule has 1 rings (SSSR count). The molecule has 0 spiro atoms. The van der Waals surface area contributed by atoms with Crippen LogP contribution in [0.1, 0.15) is 19.4 Å². The second-order valence-corrected chi connectivity index (χ2v) is 5.50. The Morgan fingerprint density at radius 1 is 1.47 bits per heavy atom. The highest BCUT2D eigenvalue weighted by atomic mass is 32.2. The zero-order valence-electron chi connectivity index (χ0n) is 9.31. The van der Waals surface area contributed by atoms with Gasteiger partial charge in [-0.3, -0.25) is 0 Å². The molecular weight excluding hydrogens is 206 g/mol. The molecule has 1 aromatic heterocycles. The number of nitrogens with two attached hydrogens (primary N) is 2. The van der Waals surface area contributed by atoms with Gasteiger partial charge in [-0.15, -0.1) is 0 Å². The Bertz CT molecular complexity index is 302. The maximum atomic E-state index is 6.02. The molecule has 0 radical (unpaired) electrons. The first-order valence-electron chi connectivity index (χ1n) is 5.16. The van der Waals surface area contributed by atoms with Crippen LogP contribution in [0, 0.1) is 0 Å². The Kier molecular flexibility index (Phi) is 4.91. The van der Waals surface area contributed by atoms with Gasteiger partial charge in [-0.2, -0.15) is 11.8 Å². The molecule has 0 aliphatic rings. The second-order valence-electron chi connectivity index (χ2n) is 3.89. The van der Waals surface area contributed by atoms with E-state index in [1.54, 1.807) is 6.20 Å². The van der Waals surface area contributed by atoms with Gasteiger partial charge in [-0.25, -0.2) is 4.98 Å². The first-order valence-corrected chi connectivity index (χ1v) is 6.21. The molecule has 4 heteroatoms. The highest BCUT2D eigenvalue weighted by molar-refractivity contribution is 7.99. The Morgan fingerprint density at radius 3 is 2.80 bits per heavy atom. The molecule has 1 unspecified atom stereocenters. The molecule has 0 aliphatic heterocycles. The van der Waals surface area contributed by atoms with Crippen molar-refractivity contribution in [2.24, 2.45) is 5.73 Å². The van der Waals surface area contributed by atoms with Gasteiger partial charge < -0.3 is 11.5 Å². The van der Waals surface area contributed by atoms with Gasteiger partial charge in [0.05, 0.1) is 0 Å². The molecule has 4 N–H and O–H groups in total. The van der Waals surface area contributed by atoms with E-state index in [2.05, 4.69) is 18.8 Å². The smallest absolute Gasteiger partial charge is 0.126 e. The van der Waals surface area contributed by atoms with Crippen molar-refractivity contribution in [3.63, 3.8) is 0 Å². The van der Waals surface area contributed by atoms with Gasteiger partial charge in [-0.1, -0.05) is 19.9 Å². The highest BCUT2D eigenvalue weighted by Crippen LogP contribution is 2.14. The molecule has 84 valence electrons. The number of rotatable bonds is 5. The normalized spacial score (nSPS) is 13.1. The minimum Gasteiger partial charge on any atom is -0.383 e. The van der Waals surface area contributed by atoms with Crippen LogP contribution in [0.4, 0.5) is 5.82 Å². The quantitative estimate of drug-likeness (QED) is 0.800. The fraction of sp³-hybridized carbons (Fsp3) is 0.545. The van der Waals surface area contributed by atoms with Crippen molar-refractivity contribution in [2.45, 2.75) is 31.6 Å². The number of nitrogens with zero attached hydrogens (tertiary/aromatic N) is 1. The fourth-order valence-electron chi connectivity index (χ4n) is 1.28.